The number of benzene rings is 2. The molecular weight excluding hydrogens is 232 g/mol. The predicted molar refractivity (Wildman–Crippen MR) is 79.7 cm³/mol. The molecule has 0 radical (unpaired) electrons. The summed E-state index contributed by atoms with van der Waals surface area (Å²) in [6.45, 7) is 8.03. The Balaban J connectivity index is 2.43. The van der Waals surface area contributed by atoms with E-state index in [1.165, 1.54) is 5.56 Å². The van der Waals surface area contributed by atoms with Crippen LogP contribution in [0, 0.1) is 13.8 Å². The highest BCUT2D eigenvalue weighted by atomic mass is 16.1. The first-order valence-electron chi connectivity index (χ1n) is 6.60. The van der Waals surface area contributed by atoms with Crippen LogP contribution < -0.4 is 0 Å². The first-order valence-corrected chi connectivity index (χ1v) is 6.60. The lowest BCUT2D eigenvalue weighted by atomic mass is 9.77. The molecule has 2 aromatic carbocycles. The molecule has 0 heterocycles. The maximum Gasteiger partial charge on any atom is 0.173 e. The van der Waals surface area contributed by atoms with Crippen LogP contribution in [0.4, 0.5) is 0 Å². The second-order valence-corrected chi connectivity index (χ2v) is 5.64. The first kappa shape index (κ1) is 13.5. The number of ketones is 1. The minimum absolute atomic E-state index is 0.177. The van der Waals surface area contributed by atoms with Gasteiger partial charge in [0.15, 0.2) is 5.78 Å². The summed E-state index contributed by atoms with van der Waals surface area (Å²) in [5.74, 6) is 0.177. The minimum Gasteiger partial charge on any atom is -0.293 e. The zero-order chi connectivity index (χ0) is 14.0. The average molecular weight is 252 g/mol. The molecule has 0 amide bonds. The number of aryl methyl sites for hydroxylation is 2. The molecule has 0 saturated heterocycles. The van der Waals surface area contributed by atoms with Crippen LogP contribution in [0.3, 0.4) is 0 Å². The minimum atomic E-state index is -0.499. The van der Waals surface area contributed by atoms with Gasteiger partial charge in [0.25, 0.3) is 0 Å². The van der Waals surface area contributed by atoms with Gasteiger partial charge in [0, 0.05) is 5.56 Å². The van der Waals surface area contributed by atoms with E-state index in [2.05, 4.69) is 6.07 Å². The largest absolute Gasteiger partial charge is 0.293 e. The Morgan fingerprint density at radius 3 is 2.16 bits per heavy atom. The van der Waals surface area contributed by atoms with Crippen LogP contribution in [0.15, 0.2) is 48.5 Å². The van der Waals surface area contributed by atoms with Crippen molar-refractivity contribution in [3.05, 3.63) is 70.8 Å². The fraction of sp³-hybridized carbons (Fsp3) is 0.278. The Morgan fingerprint density at radius 2 is 1.58 bits per heavy atom. The van der Waals surface area contributed by atoms with Gasteiger partial charge < -0.3 is 0 Å². The average Bonchev–Trinajstić information content (AvgIpc) is 2.39. The molecule has 0 fully saturated rings. The van der Waals surface area contributed by atoms with Crippen molar-refractivity contribution in [2.75, 3.05) is 0 Å². The Labute approximate surface area is 115 Å². The van der Waals surface area contributed by atoms with E-state index in [1.54, 1.807) is 0 Å². The van der Waals surface area contributed by atoms with Crippen LogP contribution in [0.25, 0.3) is 0 Å². The van der Waals surface area contributed by atoms with Crippen molar-refractivity contribution < 1.29 is 4.79 Å². The van der Waals surface area contributed by atoms with Crippen molar-refractivity contribution in [3.63, 3.8) is 0 Å². The van der Waals surface area contributed by atoms with E-state index in [1.807, 2.05) is 70.2 Å². The summed E-state index contributed by atoms with van der Waals surface area (Å²) in [6, 6.07) is 16.0. The number of carbonyl (C=O) groups excluding carboxylic acids is 1. The van der Waals surface area contributed by atoms with Gasteiger partial charge in [-0.15, -0.1) is 0 Å². The SMILES string of the molecule is Cc1ccc(C(=O)C(C)(C)c2ccccc2)c(C)c1. The first-order chi connectivity index (χ1) is 8.93. The fourth-order valence-corrected chi connectivity index (χ4v) is 2.39. The quantitative estimate of drug-likeness (QED) is 0.737. The third kappa shape index (κ3) is 2.60. The molecule has 19 heavy (non-hydrogen) atoms. The predicted octanol–water partition coefficient (Wildman–Crippen LogP) is 4.46. The number of carbonyl (C=O) groups is 1. The van der Waals surface area contributed by atoms with Gasteiger partial charge in [-0.2, -0.15) is 0 Å². The summed E-state index contributed by atoms with van der Waals surface area (Å²) < 4.78 is 0. The van der Waals surface area contributed by atoms with Gasteiger partial charge in [-0.1, -0.05) is 54.1 Å². The van der Waals surface area contributed by atoms with Gasteiger partial charge in [0.1, 0.15) is 0 Å². The number of hydrogen-bond acceptors (Lipinski definition) is 1. The van der Waals surface area contributed by atoms with Crippen molar-refractivity contribution in [1.82, 2.24) is 0 Å². The third-order valence-electron chi connectivity index (χ3n) is 3.69. The normalized spacial score (nSPS) is 11.4. The number of rotatable bonds is 3. The summed E-state index contributed by atoms with van der Waals surface area (Å²) in [5.41, 5.74) is 3.61. The number of hydrogen-bond donors (Lipinski definition) is 0. The summed E-state index contributed by atoms with van der Waals surface area (Å²) in [7, 11) is 0. The van der Waals surface area contributed by atoms with E-state index < -0.39 is 5.41 Å². The van der Waals surface area contributed by atoms with Crippen LogP contribution in [-0.4, -0.2) is 5.78 Å². The van der Waals surface area contributed by atoms with Crippen LogP contribution in [0.1, 0.15) is 40.9 Å². The Morgan fingerprint density at radius 1 is 0.947 bits per heavy atom. The summed E-state index contributed by atoms with van der Waals surface area (Å²) in [4.78, 5) is 12.8. The highest BCUT2D eigenvalue weighted by molar-refractivity contribution is 6.04. The smallest absolute Gasteiger partial charge is 0.173 e. The van der Waals surface area contributed by atoms with Crippen molar-refractivity contribution in [2.24, 2.45) is 0 Å². The van der Waals surface area contributed by atoms with Crippen LogP contribution in [0.2, 0.25) is 0 Å². The molecule has 1 heteroatoms. The molecular formula is C18H20O. The third-order valence-corrected chi connectivity index (χ3v) is 3.69. The van der Waals surface area contributed by atoms with Crippen molar-refractivity contribution >= 4 is 5.78 Å². The van der Waals surface area contributed by atoms with E-state index in [0.29, 0.717) is 0 Å². The Bertz CT molecular complexity index is 594. The molecule has 98 valence electrons. The van der Waals surface area contributed by atoms with Gasteiger partial charge in [0.05, 0.1) is 5.41 Å². The summed E-state index contributed by atoms with van der Waals surface area (Å²) in [5, 5.41) is 0. The second kappa shape index (κ2) is 5.00. The lowest BCUT2D eigenvalue weighted by molar-refractivity contribution is 0.0908. The van der Waals surface area contributed by atoms with Gasteiger partial charge >= 0.3 is 0 Å². The van der Waals surface area contributed by atoms with E-state index in [0.717, 1.165) is 16.7 Å². The molecule has 0 aliphatic rings. The van der Waals surface area contributed by atoms with Gasteiger partial charge in [-0.05, 0) is 38.8 Å². The van der Waals surface area contributed by atoms with E-state index in [-0.39, 0.29) is 5.78 Å². The zero-order valence-electron chi connectivity index (χ0n) is 12.0. The maximum atomic E-state index is 12.8. The molecule has 1 nitrogen and oxygen atoms in total. The van der Waals surface area contributed by atoms with Crippen LogP contribution in [-0.2, 0) is 5.41 Å². The standard InChI is InChI=1S/C18H20O/c1-13-10-11-16(14(2)12-13)17(19)18(3,4)15-8-6-5-7-9-15/h5-12H,1-4H3. The molecule has 2 rings (SSSR count). The maximum absolute atomic E-state index is 12.8. The molecule has 0 aliphatic heterocycles. The van der Waals surface area contributed by atoms with Gasteiger partial charge in [-0.25, -0.2) is 0 Å². The summed E-state index contributed by atoms with van der Waals surface area (Å²) >= 11 is 0. The Hall–Kier alpha value is -1.89. The van der Waals surface area contributed by atoms with Gasteiger partial charge in [0.2, 0.25) is 0 Å². The van der Waals surface area contributed by atoms with Crippen molar-refractivity contribution in [3.8, 4) is 0 Å². The van der Waals surface area contributed by atoms with Crippen molar-refractivity contribution in [2.45, 2.75) is 33.1 Å². The monoisotopic (exact) mass is 252 g/mol. The molecule has 0 N–H and O–H groups in total. The van der Waals surface area contributed by atoms with E-state index in [9.17, 15) is 4.79 Å². The van der Waals surface area contributed by atoms with Crippen LogP contribution >= 0.6 is 0 Å². The highest BCUT2D eigenvalue weighted by Gasteiger charge is 2.31. The lowest BCUT2D eigenvalue weighted by Crippen LogP contribution is -2.29. The molecule has 0 aromatic heterocycles. The molecule has 0 saturated carbocycles. The van der Waals surface area contributed by atoms with E-state index in [4.69, 9.17) is 0 Å². The van der Waals surface area contributed by atoms with Gasteiger partial charge in [-0.3, -0.25) is 4.79 Å². The summed E-state index contributed by atoms with van der Waals surface area (Å²) in [6.07, 6.45) is 0. The Kier molecular flexibility index (Phi) is 3.57. The van der Waals surface area contributed by atoms with E-state index >= 15 is 0 Å². The molecule has 0 aliphatic carbocycles. The second-order valence-electron chi connectivity index (χ2n) is 5.64. The molecule has 0 bridgehead atoms. The van der Waals surface area contributed by atoms with Crippen molar-refractivity contribution in [1.29, 1.82) is 0 Å². The lowest BCUT2D eigenvalue weighted by Gasteiger charge is -2.24. The molecule has 0 unspecified atom stereocenters. The zero-order valence-corrected chi connectivity index (χ0v) is 12.0. The highest BCUT2D eigenvalue weighted by Crippen LogP contribution is 2.28. The fourth-order valence-electron chi connectivity index (χ4n) is 2.39. The number of Topliss-reactive ketones (excluding diaryl/α,β-unsaturated/α-hetero) is 1. The van der Waals surface area contributed by atoms with Crippen LogP contribution in [0.5, 0.6) is 0 Å². The molecule has 0 spiro atoms. The topological polar surface area (TPSA) is 17.1 Å². The molecule has 2 aromatic rings. The molecule has 0 atom stereocenters.